The lowest BCUT2D eigenvalue weighted by Gasteiger charge is -2.23. The van der Waals surface area contributed by atoms with Crippen molar-refractivity contribution in [3.05, 3.63) is 47.5 Å². The fourth-order valence-electron chi connectivity index (χ4n) is 2.95. The van der Waals surface area contributed by atoms with Gasteiger partial charge in [0.25, 0.3) is 0 Å². The molecule has 0 saturated carbocycles. The summed E-state index contributed by atoms with van der Waals surface area (Å²) in [5.74, 6) is 2.26. The van der Waals surface area contributed by atoms with Crippen LogP contribution in [0.4, 0.5) is 4.79 Å². The maximum atomic E-state index is 12.5. The summed E-state index contributed by atoms with van der Waals surface area (Å²) in [6, 6.07) is 7.53. The van der Waals surface area contributed by atoms with E-state index in [-0.39, 0.29) is 12.1 Å². The van der Waals surface area contributed by atoms with Crippen LogP contribution < -0.4 is 10.1 Å². The molecule has 0 aliphatic carbocycles. The number of nitrogens with zero attached hydrogens (tertiary/aromatic N) is 2. The zero-order chi connectivity index (χ0) is 16.2. The van der Waals surface area contributed by atoms with Gasteiger partial charge in [-0.3, -0.25) is 0 Å². The largest absolute Gasteiger partial charge is 0.481 e. The fourth-order valence-corrected chi connectivity index (χ4v) is 2.95. The summed E-state index contributed by atoms with van der Waals surface area (Å²) in [4.78, 5) is 18.5. The number of methoxy groups -OCH3 is 1. The first-order valence-corrected chi connectivity index (χ1v) is 7.77. The lowest BCUT2D eigenvalue weighted by atomic mass is 10.2. The molecule has 1 aliphatic rings. The molecule has 6 heteroatoms. The molecule has 1 aliphatic heterocycles. The van der Waals surface area contributed by atoms with E-state index in [0.717, 1.165) is 36.5 Å². The molecule has 2 aromatic heterocycles. The maximum Gasteiger partial charge on any atom is 0.318 e. The number of hydrogen-bond acceptors (Lipinski definition) is 4. The van der Waals surface area contributed by atoms with Crippen LogP contribution in [0.5, 0.6) is 5.88 Å². The molecule has 0 unspecified atom stereocenters. The Morgan fingerprint density at radius 2 is 2.35 bits per heavy atom. The highest BCUT2D eigenvalue weighted by molar-refractivity contribution is 5.75. The van der Waals surface area contributed by atoms with Crippen molar-refractivity contribution < 1.29 is 13.9 Å². The molecule has 0 radical (unpaired) electrons. The second-order valence-corrected chi connectivity index (χ2v) is 5.63. The molecule has 2 aromatic rings. The number of carbonyl (C=O) groups is 1. The Hall–Kier alpha value is -2.50. The van der Waals surface area contributed by atoms with Crippen LogP contribution in [0.25, 0.3) is 0 Å². The van der Waals surface area contributed by atoms with Gasteiger partial charge in [0.1, 0.15) is 11.5 Å². The van der Waals surface area contributed by atoms with Crippen LogP contribution in [0.15, 0.2) is 34.9 Å². The molecule has 0 spiro atoms. The number of urea groups is 1. The number of aromatic nitrogens is 1. The summed E-state index contributed by atoms with van der Waals surface area (Å²) < 4.78 is 10.9. The van der Waals surface area contributed by atoms with Gasteiger partial charge in [-0.05, 0) is 38.0 Å². The topological polar surface area (TPSA) is 67.6 Å². The molecule has 1 saturated heterocycles. The molecular weight excluding hydrogens is 294 g/mol. The van der Waals surface area contributed by atoms with E-state index in [9.17, 15) is 4.79 Å². The molecule has 2 amide bonds. The third-order valence-corrected chi connectivity index (χ3v) is 4.08. The molecule has 0 bridgehead atoms. The molecular formula is C17H21N3O3. The van der Waals surface area contributed by atoms with Crippen molar-refractivity contribution >= 4 is 6.03 Å². The Balaban J connectivity index is 1.65. The Bertz CT molecular complexity index is 683. The van der Waals surface area contributed by atoms with Crippen LogP contribution in [0.2, 0.25) is 0 Å². The molecule has 23 heavy (non-hydrogen) atoms. The van der Waals surface area contributed by atoms with Crippen LogP contribution in [0, 0.1) is 6.92 Å². The highest BCUT2D eigenvalue weighted by Gasteiger charge is 2.31. The van der Waals surface area contributed by atoms with Crippen LogP contribution in [-0.2, 0) is 6.54 Å². The minimum absolute atomic E-state index is 0.0134. The average molecular weight is 315 g/mol. The highest BCUT2D eigenvalue weighted by atomic mass is 16.5. The van der Waals surface area contributed by atoms with Gasteiger partial charge in [-0.25, -0.2) is 9.78 Å². The molecule has 122 valence electrons. The number of hydrogen-bond donors (Lipinski definition) is 1. The van der Waals surface area contributed by atoms with Crippen molar-refractivity contribution in [3.8, 4) is 5.88 Å². The molecule has 1 atom stereocenters. The summed E-state index contributed by atoms with van der Waals surface area (Å²) in [6.45, 7) is 3.04. The first-order valence-electron chi connectivity index (χ1n) is 7.77. The summed E-state index contributed by atoms with van der Waals surface area (Å²) in [5.41, 5.74) is 0.855. The van der Waals surface area contributed by atoms with E-state index in [4.69, 9.17) is 9.15 Å². The first-order chi connectivity index (χ1) is 11.2. The van der Waals surface area contributed by atoms with Crippen LogP contribution in [0.1, 0.15) is 36.0 Å². The number of aryl methyl sites for hydroxylation is 1. The summed E-state index contributed by atoms with van der Waals surface area (Å²) in [7, 11) is 1.57. The van der Waals surface area contributed by atoms with Crippen molar-refractivity contribution in [1.29, 1.82) is 0 Å². The Morgan fingerprint density at radius 1 is 1.48 bits per heavy atom. The third-order valence-electron chi connectivity index (χ3n) is 4.08. The smallest absolute Gasteiger partial charge is 0.318 e. The molecule has 1 N–H and O–H groups in total. The van der Waals surface area contributed by atoms with E-state index in [1.807, 2.05) is 36.1 Å². The Morgan fingerprint density at radius 3 is 3.09 bits per heavy atom. The lowest BCUT2D eigenvalue weighted by Crippen LogP contribution is -2.39. The summed E-state index contributed by atoms with van der Waals surface area (Å²) in [6.07, 6.45) is 3.57. The molecule has 3 heterocycles. The maximum absolute atomic E-state index is 12.5. The van der Waals surface area contributed by atoms with Crippen LogP contribution >= 0.6 is 0 Å². The zero-order valence-electron chi connectivity index (χ0n) is 13.4. The third kappa shape index (κ3) is 3.31. The highest BCUT2D eigenvalue weighted by Crippen LogP contribution is 2.32. The number of nitrogens with one attached hydrogen (secondary N) is 1. The number of ether oxygens (including phenoxy) is 1. The Labute approximate surface area is 135 Å². The van der Waals surface area contributed by atoms with Gasteiger partial charge >= 0.3 is 6.03 Å². The number of furan rings is 1. The molecule has 3 rings (SSSR count). The SMILES string of the molecule is COc1ncccc1CNC(=O)N1CCC[C@@H]1c1ccc(C)o1. The van der Waals surface area contributed by atoms with E-state index in [2.05, 4.69) is 10.3 Å². The van der Waals surface area contributed by atoms with Crippen molar-refractivity contribution in [2.45, 2.75) is 32.4 Å². The van der Waals surface area contributed by atoms with E-state index >= 15 is 0 Å². The van der Waals surface area contributed by atoms with Crippen LogP contribution in [-0.4, -0.2) is 29.6 Å². The van der Waals surface area contributed by atoms with Gasteiger partial charge in [0, 0.05) is 24.8 Å². The minimum atomic E-state index is -0.0903. The zero-order valence-corrected chi connectivity index (χ0v) is 13.4. The van der Waals surface area contributed by atoms with E-state index in [1.54, 1.807) is 13.3 Å². The second kappa shape index (κ2) is 6.73. The van der Waals surface area contributed by atoms with E-state index in [1.165, 1.54) is 0 Å². The number of carbonyl (C=O) groups excluding carboxylic acids is 1. The molecule has 1 fully saturated rings. The number of pyridine rings is 1. The van der Waals surface area contributed by atoms with Crippen LogP contribution in [0.3, 0.4) is 0 Å². The van der Waals surface area contributed by atoms with Crippen molar-refractivity contribution in [2.75, 3.05) is 13.7 Å². The predicted molar refractivity (Wildman–Crippen MR) is 85.2 cm³/mol. The van der Waals surface area contributed by atoms with Gasteiger partial charge < -0.3 is 19.4 Å². The quantitative estimate of drug-likeness (QED) is 0.941. The van der Waals surface area contributed by atoms with Crippen molar-refractivity contribution in [2.24, 2.45) is 0 Å². The number of rotatable bonds is 4. The second-order valence-electron chi connectivity index (χ2n) is 5.63. The minimum Gasteiger partial charge on any atom is -0.481 e. The number of likely N-dealkylation sites (tertiary alicyclic amines) is 1. The predicted octanol–water partition coefficient (Wildman–Crippen LogP) is 3.04. The fraction of sp³-hybridized carbons (Fsp3) is 0.412. The molecule has 6 nitrogen and oxygen atoms in total. The van der Waals surface area contributed by atoms with Gasteiger partial charge in [0.05, 0.1) is 13.2 Å². The lowest BCUT2D eigenvalue weighted by molar-refractivity contribution is 0.185. The van der Waals surface area contributed by atoms with Gasteiger partial charge in [-0.1, -0.05) is 6.07 Å². The van der Waals surface area contributed by atoms with Gasteiger partial charge in [-0.15, -0.1) is 0 Å². The molecule has 0 aromatic carbocycles. The van der Waals surface area contributed by atoms with Gasteiger partial charge in [0.2, 0.25) is 5.88 Å². The summed E-state index contributed by atoms with van der Waals surface area (Å²) in [5, 5.41) is 2.95. The van der Waals surface area contributed by atoms with Gasteiger partial charge in [-0.2, -0.15) is 0 Å². The normalized spacial score (nSPS) is 17.3. The first kappa shape index (κ1) is 15.4. The van der Waals surface area contributed by atoms with Gasteiger partial charge in [0.15, 0.2) is 0 Å². The van der Waals surface area contributed by atoms with E-state index in [0.29, 0.717) is 12.4 Å². The van der Waals surface area contributed by atoms with Crippen molar-refractivity contribution in [3.63, 3.8) is 0 Å². The number of amides is 2. The average Bonchev–Trinajstić information content (AvgIpc) is 3.21. The summed E-state index contributed by atoms with van der Waals surface area (Å²) >= 11 is 0. The standard InChI is InChI=1S/C17H21N3O3/c1-12-7-8-15(23-12)14-6-4-10-20(14)17(21)19-11-13-5-3-9-18-16(13)22-2/h3,5,7-9,14H,4,6,10-11H2,1-2H3,(H,19,21)/t14-/m1/s1. The van der Waals surface area contributed by atoms with Crippen molar-refractivity contribution in [1.82, 2.24) is 15.2 Å². The monoisotopic (exact) mass is 315 g/mol. The Kier molecular flexibility index (Phi) is 4.50. The van der Waals surface area contributed by atoms with E-state index < -0.39 is 0 Å².